The molecule has 2 heterocycles. The van der Waals surface area contributed by atoms with Gasteiger partial charge in [0.05, 0.1) is 6.54 Å². The van der Waals surface area contributed by atoms with Crippen LogP contribution in [0.5, 0.6) is 5.75 Å². The first-order valence-electron chi connectivity index (χ1n) is 9.59. The Morgan fingerprint density at radius 2 is 2.19 bits per heavy atom. The van der Waals surface area contributed by atoms with Crippen LogP contribution in [0.15, 0.2) is 30.6 Å². The van der Waals surface area contributed by atoms with Crippen molar-refractivity contribution in [3.8, 4) is 5.75 Å². The largest absolute Gasteiger partial charge is 0.486 e. The number of tetrazole rings is 1. The average Bonchev–Trinajstić information content (AvgIpc) is 3.15. The summed E-state index contributed by atoms with van der Waals surface area (Å²) >= 11 is 0. The monoisotopic (exact) mass is 370 g/mol. The van der Waals surface area contributed by atoms with Crippen molar-refractivity contribution < 1.29 is 9.53 Å². The summed E-state index contributed by atoms with van der Waals surface area (Å²) < 4.78 is 8.07. The van der Waals surface area contributed by atoms with Crippen molar-refractivity contribution in [1.29, 1.82) is 0 Å². The predicted molar refractivity (Wildman–Crippen MR) is 99.0 cm³/mol. The molecule has 1 fully saturated rings. The number of aryl methyl sites for hydroxylation is 1. The molecule has 1 aliphatic heterocycles. The second kappa shape index (κ2) is 7.64. The van der Waals surface area contributed by atoms with Crippen molar-refractivity contribution >= 4 is 5.91 Å². The van der Waals surface area contributed by atoms with Gasteiger partial charge in [-0.25, -0.2) is 4.68 Å². The first-order valence-corrected chi connectivity index (χ1v) is 9.59. The molecule has 0 atom stereocenters. The van der Waals surface area contributed by atoms with Crippen LogP contribution in [0.2, 0.25) is 0 Å². The summed E-state index contributed by atoms with van der Waals surface area (Å²) in [6.07, 6.45) is 5.75. The molecule has 1 saturated carbocycles. The molecule has 8 nitrogen and oxygen atoms in total. The van der Waals surface area contributed by atoms with E-state index in [2.05, 4.69) is 39.0 Å². The smallest absolute Gasteiger partial charge is 0.224 e. The lowest BCUT2D eigenvalue weighted by Gasteiger charge is -2.42. The zero-order valence-electron chi connectivity index (χ0n) is 15.7. The highest BCUT2D eigenvalue weighted by atomic mass is 16.5. The summed E-state index contributed by atoms with van der Waals surface area (Å²) in [6, 6.07) is 8.52. The second-order valence-corrected chi connectivity index (χ2v) is 7.56. The van der Waals surface area contributed by atoms with Crippen molar-refractivity contribution in [2.45, 2.75) is 56.8 Å². The molecule has 0 unspecified atom stereocenters. The molecule has 1 aromatic carbocycles. The molecule has 1 amide bonds. The summed E-state index contributed by atoms with van der Waals surface area (Å²) in [5.41, 5.74) is 1.05. The number of carbonyl (C=O) groups excluding carboxylic acids is 1. The van der Waals surface area contributed by atoms with E-state index in [1.807, 2.05) is 18.0 Å². The second-order valence-electron chi connectivity index (χ2n) is 7.56. The standard InChI is InChI=1S/C19H26N6O2/c1-24(18(26)8-11-25-14-21-22-23-25)16-6-9-19(10-7-16)13-20-12-15-4-2-3-5-17(15)27-19/h2-5,14,16,20H,6-13H2,1H3. The number of benzene rings is 1. The molecular weight excluding hydrogens is 344 g/mol. The molecule has 0 radical (unpaired) electrons. The number of carbonyl (C=O) groups is 1. The van der Waals surface area contributed by atoms with Crippen LogP contribution in [0.1, 0.15) is 37.7 Å². The van der Waals surface area contributed by atoms with Gasteiger partial charge in [-0.3, -0.25) is 4.79 Å². The van der Waals surface area contributed by atoms with Gasteiger partial charge in [0.25, 0.3) is 0 Å². The Balaban J connectivity index is 1.33. The van der Waals surface area contributed by atoms with Crippen LogP contribution < -0.4 is 10.1 Å². The van der Waals surface area contributed by atoms with E-state index >= 15 is 0 Å². The van der Waals surface area contributed by atoms with Crippen LogP contribution in [-0.2, 0) is 17.9 Å². The highest BCUT2D eigenvalue weighted by molar-refractivity contribution is 5.76. The third kappa shape index (κ3) is 3.95. The molecule has 1 aliphatic carbocycles. The van der Waals surface area contributed by atoms with Crippen LogP contribution in [0, 0.1) is 0 Å². The molecule has 1 aromatic heterocycles. The fourth-order valence-corrected chi connectivity index (χ4v) is 4.11. The number of aromatic nitrogens is 4. The topological polar surface area (TPSA) is 85.2 Å². The van der Waals surface area contributed by atoms with Crippen LogP contribution in [0.25, 0.3) is 0 Å². The third-order valence-corrected chi connectivity index (χ3v) is 5.82. The van der Waals surface area contributed by atoms with Gasteiger partial charge in [0, 0.05) is 38.2 Å². The Labute approximate surface area is 158 Å². The van der Waals surface area contributed by atoms with Gasteiger partial charge in [-0.05, 0) is 42.2 Å². The summed E-state index contributed by atoms with van der Waals surface area (Å²) in [5, 5.41) is 14.5. The lowest BCUT2D eigenvalue weighted by molar-refractivity contribution is -0.133. The average molecular weight is 370 g/mol. The Hall–Kier alpha value is -2.48. The van der Waals surface area contributed by atoms with Crippen molar-refractivity contribution in [2.24, 2.45) is 0 Å². The highest BCUT2D eigenvalue weighted by Gasteiger charge is 2.40. The van der Waals surface area contributed by atoms with Gasteiger partial charge in [-0.2, -0.15) is 0 Å². The van der Waals surface area contributed by atoms with Gasteiger partial charge in [-0.1, -0.05) is 18.2 Å². The zero-order chi connectivity index (χ0) is 18.7. The van der Waals surface area contributed by atoms with E-state index in [1.54, 1.807) is 4.68 Å². The number of rotatable bonds is 4. The molecular formula is C19H26N6O2. The molecule has 2 aromatic rings. The van der Waals surface area contributed by atoms with E-state index in [9.17, 15) is 4.79 Å². The van der Waals surface area contributed by atoms with Gasteiger partial charge in [0.2, 0.25) is 5.91 Å². The van der Waals surface area contributed by atoms with Gasteiger partial charge in [0.1, 0.15) is 17.7 Å². The van der Waals surface area contributed by atoms with Crippen LogP contribution in [0.3, 0.4) is 0 Å². The third-order valence-electron chi connectivity index (χ3n) is 5.82. The molecule has 8 heteroatoms. The Morgan fingerprint density at radius 1 is 1.37 bits per heavy atom. The number of para-hydroxylation sites is 1. The van der Waals surface area contributed by atoms with Crippen molar-refractivity contribution in [3.63, 3.8) is 0 Å². The quantitative estimate of drug-likeness (QED) is 0.875. The normalized spacial score (nSPS) is 24.7. The lowest BCUT2D eigenvalue weighted by Crippen LogP contribution is -2.51. The number of fused-ring (bicyclic) bond motifs is 1. The van der Waals surface area contributed by atoms with E-state index in [4.69, 9.17) is 4.74 Å². The van der Waals surface area contributed by atoms with Crippen molar-refractivity contribution in [2.75, 3.05) is 13.6 Å². The maximum atomic E-state index is 12.5. The lowest BCUT2D eigenvalue weighted by atomic mass is 9.81. The Bertz CT molecular complexity index is 770. The van der Waals surface area contributed by atoms with E-state index in [0.29, 0.717) is 13.0 Å². The van der Waals surface area contributed by atoms with Crippen LogP contribution >= 0.6 is 0 Å². The number of ether oxygens (including phenoxy) is 1. The summed E-state index contributed by atoms with van der Waals surface area (Å²) in [6.45, 7) is 2.21. The number of hydrogen-bond donors (Lipinski definition) is 1. The van der Waals surface area contributed by atoms with Crippen molar-refractivity contribution in [1.82, 2.24) is 30.4 Å². The molecule has 0 saturated heterocycles. The van der Waals surface area contributed by atoms with E-state index < -0.39 is 0 Å². The fraction of sp³-hybridized carbons (Fsp3) is 0.579. The first kappa shape index (κ1) is 17.9. The number of nitrogens with one attached hydrogen (secondary N) is 1. The number of nitrogens with zero attached hydrogens (tertiary/aromatic N) is 5. The summed E-state index contributed by atoms with van der Waals surface area (Å²) in [5.74, 6) is 1.13. The molecule has 27 heavy (non-hydrogen) atoms. The van der Waals surface area contributed by atoms with Crippen LogP contribution in [-0.4, -0.2) is 56.2 Å². The summed E-state index contributed by atoms with van der Waals surface area (Å²) in [7, 11) is 1.91. The highest BCUT2D eigenvalue weighted by Crippen LogP contribution is 2.37. The predicted octanol–water partition coefficient (Wildman–Crippen LogP) is 1.39. The molecule has 1 N–H and O–H groups in total. The van der Waals surface area contributed by atoms with E-state index in [-0.39, 0.29) is 17.6 Å². The Morgan fingerprint density at radius 3 is 2.96 bits per heavy atom. The first-order chi connectivity index (χ1) is 13.2. The zero-order valence-corrected chi connectivity index (χ0v) is 15.7. The van der Waals surface area contributed by atoms with Gasteiger partial charge in [-0.15, -0.1) is 5.10 Å². The number of amides is 1. The molecule has 4 rings (SSSR count). The molecule has 2 aliphatic rings. The van der Waals surface area contributed by atoms with Gasteiger partial charge < -0.3 is 15.0 Å². The molecule has 0 bridgehead atoms. The van der Waals surface area contributed by atoms with E-state index in [0.717, 1.165) is 44.5 Å². The maximum Gasteiger partial charge on any atom is 0.224 e. The molecule has 144 valence electrons. The minimum Gasteiger partial charge on any atom is -0.486 e. The SMILES string of the molecule is CN(C(=O)CCn1cnnn1)C1CCC2(CC1)CNCc1ccccc1O2. The van der Waals surface area contributed by atoms with Gasteiger partial charge >= 0.3 is 0 Å². The van der Waals surface area contributed by atoms with Gasteiger partial charge in [0.15, 0.2) is 0 Å². The summed E-state index contributed by atoms with van der Waals surface area (Å²) in [4.78, 5) is 14.4. The number of hydrogen-bond acceptors (Lipinski definition) is 6. The minimum atomic E-state index is -0.167. The van der Waals surface area contributed by atoms with Crippen LogP contribution in [0.4, 0.5) is 0 Å². The minimum absolute atomic E-state index is 0.136. The Kier molecular flexibility index (Phi) is 5.07. The maximum absolute atomic E-state index is 12.5. The fourth-order valence-electron chi connectivity index (χ4n) is 4.11. The van der Waals surface area contributed by atoms with Crippen molar-refractivity contribution in [3.05, 3.63) is 36.2 Å². The van der Waals surface area contributed by atoms with E-state index in [1.165, 1.54) is 11.9 Å². The molecule has 1 spiro atoms.